The molecule has 2 amide bonds. The molecule has 0 atom stereocenters. The monoisotopic (exact) mass is 463 g/mol. The molecule has 1 fully saturated rings. The van der Waals surface area contributed by atoms with Crippen LogP contribution in [0.1, 0.15) is 22.8 Å². The second-order valence-electron chi connectivity index (χ2n) is 7.60. The van der Waals surface area contributed by atoms with E-state index in [4.69, 9.17) is 15.5 Å². The van der Waals surface area contributed by atoms with Crippen molar-refractivity contribution in [3.63, 3.8) is 0 Å². The van der Waals surface area contributed by atoms with Gasteiger partial charge in [-0.25, -0.2) is 4.98 Å². The van der Waals surface area contributed by atoms with E-state index in [-0.39, 0.29) is 5.91 Å². The number of amides is 2. The standard InChI is InChI=1S/C24H25N5O3S/c1-17(30)28-11-13-29(14-12-28)24-26-15-21(33-20-9-7-19(8-10-20)22(25)31)23(27-24)32-16-18-5-3-2-4-6-18/h2-10,15H,11-14,16H2,1H3,(H2,25,31). The molecule has 0 unspecified atom stereocenters. The second kappa shape index (κ2) is 10.4. The quantitative estimate of drug-likeness (QED) is 0.575. The normalized spacial score (nSPS) is 13.6. The van der Waals surface area contributed by atoms with Gasteiger partial charge in [0, 0.05) is 43.6 Å². The van der Waals surface area contributed by atoms with Crippen LogP contribution in [0.4, 0.5) is 5.95 Å². The molecule has 170 valence electrons. The van der Waals surface area contributed by atoms with Gasteiger partial charge in [0.25, 0.3) is 0 Å². The van der Waals surface area contributed by atoms with Crippen molar-refractivity contribution in [3.05, 3.63) is 71.9 Å². The molecule has 3 aromatic rings. The van der Waals surface area contributed by atoms with Crippen LogP contribution in [0.2, 0.25) is 0 Å². The van der Waals surface area contributed by atoms with Crippen molar-refractivity contribution < 1.29 is 14.3 Å². The lowest BCUT2D eigenvalue weighted by molar-refractivity contribution is -0.129. The summed E-state index contributed by atoms with van der Waals surface area (Å²) in [7, 11) is 0. The predicted octanol–water partition coefficient (Wildman–Crippen LogP) is 2.97. The van der Waals surface area contributed by atoms with Gasteiger partial charge in [0.05, 0.1) is 11.1 Å². The van der Waals surface area contributed by atoms with E-state index in [0.717, 1.165) is 15.4 Å². The number of carbonyl (C=O) groups is 2. The zero-order valence-corrected chi connectivity index (χ0v) is 19.1. The average molecular weight is 464 g/mol. The summed E-state index contributed by atoms with van der Waals surface area (Å²) >= 11 is 1.46. The number of piperazine rings is 1. The number of aromatic nitrogens is 2. The number of nitrogens with zero attached hydrogens (tertiary/aromatic N) is 4. The number of hydrogen-bond donors (Lipinski definition) is 1. The van der Waals surface area contributed by atoms with E-state index >= 15 is 0 Å². The highest BCUT2D eigenvalue weighted by Crippen LogP contribution is 2.35. The minimum atomic E-state index is -0.462. The Balaban J connectivity index is 1.55. The van der Waals surface area contributed by atoms with Gasteiger partial charge in [0.2, 0.25) is 23.6 Å². The molecule has 1 saturated heterocycles. The van der Waals surface area contributed by atoms with E-state index in [2.05, 4.69) is 9.88 Å². The van der Waals surface area contributed by atoms with Crippen molar-refractivity contribution in [2.24, 2.45) is 5.73 Å². The Bertz CT molecular complexity index is 1120. The maximum absolute atomic E-state index is 11.6. The fraction of sp³-hybridized carbons (Fsp3) is 0.250. The number of anilines is 1. The number of hydrogen-bond acceptors (Lipinski definition) is 7. The lowest BCUT2D eigenvalue weighted by Gasteiger charge is -2.34. The van der Waals surface area contributed by atoms with Crippen molar-refractivity contribution in [1.29, 1.82) is 0 Å². The average Bonchev–Trinajstić information content (AvgIpc) is 2.84. The van der Waals surface area contributed by atoms with Crippen LogP contribution in [0.25, 0.3) is 0 Å². The van der Waals surface area contributed by atoms with Gasteiger partial charge in [0.15, 0.2) is 0 Å². The summed E-state index contributed by atoms with van der Waals surface area (Å²) in [5.74, 6) is 0.684. The van der Waals surface area contributed by atoms with Crippen LogP contribution in [0.15, 0.2) is 70.6 Å². The van der Waals surface area contributed by atoms with Gasteiger partial charge in [-0.3, -0.25) is 9.59 Å². The zero-order chi connectivity index (χ0) is 23.2. The molecule has 2 heterocycles. The first-order chi connectivity index (χ1) is 16.0. The molecule has 9 heteroatoms. The van der Waals surface area contributed by atoms with Crippen LogP contribution in [0.5, 0.6) is 5.88 Å². The molecule has 1 aromatic heterocycles. The molecule has 8 nitrogen and oxygen atoms in total. The molecular formula is C24H25N5O3S. The highest BCUT2D eigenvalue weighted by atomic mass is 32.2. The number of benzene rings is 2. The molecule has 0 radical (unpaired) electrons. The summed E-state index contributed by atoms with van der Waals surface area (Å²) in [4.78, 5) is 37.8. The maximum Gasteiger partial charge on any atom is 0.248 e. The van der Waals surface area contributed by atoms with E-state index in [1.54, 1.807) is 25.3 Å². The van der Waals surface area contributed by atoms with E-state index in [0.29, 0.717) is 50.2 Å². The molecule has 0 bridgehead atoms. The molecule has 33 heavy (non-hydrogen) atoms. The second-order valence-corrected chi connectivity index (χ2v) is 8.71. The Morgan fingerprint density at radius 2 is 1.73 bits per heavy atom. The topological polar surface area (TPSA) is 102 Å². The summed E-state index contributed by atoms with van der Waals surface area (Å²) in [6, 6.07) is 16.9. The fourth-order valence-electron chi connectivity index (χ4n) is 3.43. The molecule has 1 aliphatic rings. The molecule has 0 spiro atoms. The highest BCUT2D eigenvalue weighted by molar-refractivity contribution is 7.99. The van der Waals surface area contributed by atoms with Crippen LogP contribution in [-0.4, -0.2) is 52.9 Å². The predicted molar refractivity (Wildman–Crippen MR) is 126 cm³/mol. The number of ether oxygens (including phenoxy) is 1. The summed E-state index contributed by atoms with van der Waals surface area (Å²) < 4.78 is 6.11. The van der Waals surface area contributed by atoms with E-state index in [1.807, 2.05) is 47.4 Å². The molecule has 0 aliphatic carbocycles. The SMILES string of the molecule is CC(=O)N1CCN(c2ncc(Sc3ccc(C(N)=O)cc3)c(OCc3ccccc3)n2)CC1. The highest BCUT2D eigenvalue weighted by Gasteiger charge is 2.22. The van der Waals surface area contributed by atoms with Gasteiger partial charge in [-0.2, -0.15) is 4.98 Å². The third-order valence-corrected chi connectivity index (χ3v) is 6.31. The number of carbonyl (C=O) groups excluding carboxylic acids is 2. The minimum absolute atomic E-state index is 0.0801. The summed E-state index contributed by atoms with van der Waals surface area (Å²) in [6.45, 7) is 4.58. The van der Waals surface area contributed by atoms with Gasteiger partial charge in [-0.05, 0) is 29.8 Å². The van der Waals surface area contributed by atoms with E-state index < -0.39 is 5.91 Å². The van der Waals surface area contributed by atoms with Crippen molar-refractivity contribution >= 4 is 29.5 Å². The summed E-state index contributed by atoms with van der Waals surface area (Å²) in [6.07, 6.45) is 1.76. The molecule has 2 N–H and O–H groups in total. The van der Waals surface area contributed by atoms with Crippen LogP contribution < -0.4 is 15.4 Å². The summed E-state index contributed by atoms with van der Waals surface area (Å²) in [5.41, 5.74) is 6.83. The maximum atomic E-state index is 11.6. The van der Waals surface area contributed by atoms with E-state index in [1.165, 1.54) is 11.8 Å². The van der Waals surface area contributed by atoms with Gasteiger partial charge < -0.3 is 20.3 Å². The van der Waals surface area contributed by atoms with Crippen LogP contribution in [-0.2, 0) is 11.4 Å². The largest absolute Gasteiger partial charge is 0.472 e. The first-order valence-electron chi connectivity index (χ1n) is 10.6. The van der Waals surface area contributed by atoms with Crippen LogP contribution >= 0.6 is 11.8 Å². The molecular weight excluding hydrogens is 438 g/mol. The Hall–Kier alpha value is -3.59. The fourth-order valence-corrected chi connectivity index (χ4v) is 4.26. The van der Waals surface area contributed by atoms with Crippen LogP contribution in [0.3, 0.4) is 0 Å². The Kier molecular flexibility index (Phi) is 7.09. The van der Waals surface area contributed by atoms with E-state index in [9.17, 15) is 9.59 Å². The summed E-state index contributed by atoms with van der Waals surface area (Å²) in [5, 5.41) is 0. The number of rotatable bonds is 7. The van der Waals surface area contributed by atoms with Gasteiger partial charge in [-0.1, -0.05) is 42.1 Å². The first-order valence-corrected chi connectivity index (χ1v) is 11.4. The molecule has 0 saturated carbocycles. The Morgan fingerprint density at radius 1 is 1.03 bits per heavy atom. The number of primary amides is 1. The lowest BCUT2D eigenvalue weighted by Crippen LogP contribution is -2.48. The molecule has 2 aromatic carbocycles. The Morgan fingerprint density at radius 3 is 2.36 bits per heavy atom. The van der Waals surface area contributed by atoms with Crippen molar-refractivity contribution in [2.45, 2.75) is 23.3 Å². The van der Waals surface area contributed by atoms with Crippen molar-refractivity contribution in [2.75, 3.05) is 31.1 Å². The molecule has 4 rings (SSSR count). The molecule has 1 aliphatic heterocycles. The zero-order valence-electron chi connectivity index (χ0n) is 18.3. The third-order valence-electron chi connectivity index (χ3n) is 5.30. The minimum Gasteiger partial charge on any atom is -0.472 e. The smallest absolute Gasteiger partial charge is 0.248 e. The first kappa shape index (κ1) is 22.6. The number of nitrogens with two attached hydrogens (primary N) is 1. The van der Waals surface area contributed by atoms with Gasteiger partial charge in [-0.15, -0.1) is 0 Å². The van der Waals surface area contributed by atoms with Gasteiger partial charge in [0.1, 0.15) is 6.61 Å². The van der Waals surface area contributed by atoms with Crippen molar-refractivity contribution in [3.8, 4) is 5.88 Å². The van der Waals surface area contributed by atoms with Crippen LogP contribution in [0, 0.1) is 0 Å². The van der Waals surface area contributed by atoms with Crippen molar-refractivity contribution in [1.82, 2.24) is 14.9 Å². The van der Waals surface area contributed by atoms with Gasteiger partial charge >= 0.3 is 0 Å². The Labute approximate surface area is 196 Å². The lowest BCUT2D eigenvalue weighted by atomic mass is 10.2. The third kappa shape index (κ3) is 5.81.